The molecule has 0 N–H and O–H groups in total. The molecule has 1 aromatic rings. The zero-order valence-electron chi connectivity index (χ0n) is 17.9. The van der Waals surface area contributed by atoms with E-state index in [0.717, 1.165) is 28.8 Å². The first-order valence-corrected chi connectivity index (χ1v) is 10.9. The highest BCUT2D eigenvalue weighted by atomic mass is 15.5. The highest BCUT2D eigenvalue weighted by Gasteiger charge is 2.45. The Morgan fingerprint density at radius 2 is 2.00 bits per heavy atom. The largest absolute Gasteiger partial charge is 0.261 e. The van der Waals surface area contributed by atoms with Gasteiger partial charge < -0.3 is 0 Å². The summed E-state index contributed by atoms with van der Waals surface area (Å²) in [5.74, 6) is 1.18. The molecule has 0 radical (unpaired) electrons. The van der Waals surface area contributed by atoms with Gasteiger partial charge in [-0.25, -0.2) is 0 Å². The summed E-state index contributed by atoms with van der Waals surface area (Å²) in [7, 11) is 0. The molecule has 2 unspecified atom stereocenters. The molecule has 2 aliphatic carbocycles. The Hall–Kier alpha value is -2.60. The van der Waals surface area contributed by atoms with Crippen LogP contribution in [0.5, 0.6) is 0 Å². The van der Waals surface area contributed by atoms with Crippen LogP contribution < -0.4 is 5.01 Å². The van der Waals surface area contributed by atoms with Crippen molar-refractivity contribution in [3.05, 3.63) is 64.8 Å². The summed E-state index contributed by atoms with van der Waals surface area (Å²) in [6.07, 6.45) is 11.9. The normalized spacial score (nSPS) is 24.8. The summed E-state index contributed by atoms with van der Waals surface area (Å²) in [5, 5.41) is 16.9. The number of anilines is 1. The van der Waals surface area contributed by atoms with Gasteiger partial charge in [-0.2, -0.15) is 10.4 Å². The predicted octanol–water partition coefficient (Wildman–Crippen LogP) is 6.46. The van der Waals surface area contributed by atoms with Crippen LogP contribution in [0.25, 0.3) is 0 Å². The Kier molecular flexibility index (Phi) is 5.46. The number of benzene rings is 1. The van der Waals surface area contributed by atoms with Crippen LogP contribution in [0.15, 0.2) is 58.8 Å². The maximum Gasteiger partial charge on any atom is 0.0994 e. The number of hydrazone groups is 1. The first-order valence-electron chi connectivity index (χ1n) is 10.9. The van der Waals surface area contributed by atoms with E-state index in [4.69, 9.17) is 5.10 Å². The molecule has 150 valence electrons. The standard InChI is InChI=1S/C26H31N3/c1-17(2)9-13-23-18(3)10-14-24-25(23)28-29(26(24)20-7-5-6-8-20)22-12-11-21(16-27)19(4)15-22/h9,11-13,15,20,24,26H,1,5-8,10,14H2,2-4H3/b13-9-. The predicted molar refractivity (Wildman–Crippen MR) is 121 cm³/mol. The van der Waals surface area contributed by atoms with Gasteiger partial charge in [0.15, 0.2) is 0 Å². The third kappa shape index (κ3) is 3.69. The maximum absolute atomic E-state index is 9.32. The molecule has 3 nitrogen and oxygen atoms in total. The Bertz CT molecular complexity index is 951. The first kappa shape index (κ1) is 19.7. The van der Waals surface area contributed by atoms with E-state index in [1.165, 1.54) is 49.0 Å². The number of fused-ring (bicyclic) bond motifs is 1. The van der Waals surface area contributed by atoms with Crippen LogP contribution in [0, 0.1) is 30.1 Å². The van der Waals surface area contributed by atoms with Gasteiger partial charge in [0.25, 0.3) is 0 Å². The smallest absolute Gasteiger partial charge is 0.0994 e. The van der Waals surface area contributed by atoms with Crippen LogP contribution in [0.3, 0.4) is 0 Å². The molecule has 0 saturated heterocycles. The first-order chi connectivity index (χ1) is 14.0. The fourth-order valence-corrected chi connectivity index (χ4v) is 5.30. The number of hydrogen-bond acceptors (Lipinski definition) is 3. The summed E-state index contributed by atoms with van der Waals surface area (Å²) in [5.41, 5.74) is 7.96. The molecule has 0 bridgehead atoms. The van der Waals surface area contributed by atoms with Gasteiger partial charge in [-0.3, -0.25) is 5.01 Å². The Labute approximate surface area is 175 Å². The lowest BCUT2D eigenvalue weighted by Gasteiger charge is -2.34. The molecule has 1 aromatic carbocycles. The Morgan fingerprint density at radius 3 is 2.66 bits per heavy atom. The van der Waals surface area contributed by atoms with Crippen LogP contribution in [-0.4, -0.2) is 11.8 Å². The monoisotopic (exact) mass is 385 g/mol. The van der Waals surface area contributed by atoms with Gasteiger partial charge in [0, 0.05) is 5.92 Å². The van der Waals surface area contributed by atoms with Crippen molar-refractivity contribution in [3.63, 3.8) is 0 Å². The van der Waals surface area contributed by atoms with Crippen molar-refractivity contribution >= 4 is 11.4 Å². The molecule has 1 aliphatic heterocycles. The van der Waals surface area contributed by atoms with Crippen molar-refractivity contribution in [1.82, 2.24) is 0 Å². The molecule has 3 aliphatic rings. The van der Waals surface area contributed by atoms with E-state index < -0.39 is 0 Å². The summed E-state index contributed by atoms with van der Waals surface area (Å²) in [6.45, 7) is 10.3. The third-order valence-electron chi connectivity index (χ3n) is 6.84. The molecule has 1 saturated carbocycles. The average molecular weight is 386 g/mol. The molecule has 4 rings (SSSR count). The zero-order chi connectivity index (χ0) is 20.5. The minimum atomic E-state index is 0.432. The van der Waals surface area contributed by atoms with Gasteiger partial charge in [-0.05, 0) is 81.7 Å². The van der Waals surface area contributed by atoms with Gasteiger partial charge in [-0.1, -0.05) is 42.7 Å². The van der Waals surface area contributed by atoms with Crippen LogP contribution in [-0.2, 0) is 0 Å². The molecular formula is C26H31N3. The molecule has 2 atom stereocenters. The summed E-state index contributed by atoms with van der Waals surface area (Å²) >= 11 is 0. The number of aryl methyl sites for hydroxylation is 1. The molecular weight excluding hydrogens is 354 g/mol. The van der Waals surface area contributed by atoms with E-state index in [1.54, 1.807) is 0 Å². The quantitative estimate of drug-likeness (QED) is 0.558. The summed E-state index contributed by atoms with van der Waals surface area (Å²) in [4.78, 5) is 0. The van der Waals surface area contributed by atoms with Crippen LogP contribution >= 0.6 is 0 Å². The highest BCUT2D eigenvalue weighted by molar-refractivity contribution is 6.08. The van der Waals surface area contributed by atoms with Crippen molar-refractivity contribution in [2.75, 3.05) is 5.01 Å². The summed E-state index contributed by atoms with van der Waals surface area (Å²) < 4.78 is 0. The molecule has 29 heavy (non-hydrogen) atoms. The van der Waals surface area contributed by atoms with E-state index in [2.05, 4.69) is 48.9 Å². The second-order valence-corrected chi connectivity index (χ2v) is 8.99. The Balaban J connectivity index is 1.78. The molecule has 0 amide bonds. The third-order valence-corrected chi connectivity index (χ3v) is 6.84. The number of hydrogen-bond donors (Lipinski definition) is 0. The zero-order valence-corrected chi connectivity index (χ0v) is 17.9. The van der Waals surface area contributed by atoms with Crippen molar-refractivity contribution < 1.29 is 0 Å². The van der Waals surface area contributed by atoms with Crippen molar-refractivity contribution in [2.45, 2.75) is 65.3 Å². The molecule has 1 heterocycles. The van der Waals surface area contributed by atoms with Gasteiger partial charge in [0.1, 0.15) is 0 Å². The Morgan fingerprint density at radius 1 is 1.24 bits per heavy atom. The lowest BCUT2D eigenvalue weighted by Crippen LogP contribution is -2.40. The van der Waals surface area contributed by atoms with Crippen molar-refractivity contribution in [3.8, 4) is 6.07 Å². The van der Waals surface area contributed by atoms with Gasteiger partial charge in [-0.15, -0.1) is 0 Å². The van der Waals surface area contributed by atoms with E-state index >= 15 is 0 Å². The van der Waals surface area contributed by atoms with E-state index in [-0.39, 0.29) is 0 Å². The van der Waals surface area contributed by atoms with E-state index in [1.807, 2.05) is 19.9 Å². The fraction of sp³-hybridized carbons (Fsp3) is 0.462. The number of rotatable bonds is 4. The number of nitrogens with zero attached hydrogens (tertiary/aromatic N) is 3. The minimum Gasteiger partial charge on any atom is -0.261 e. The van der Waals surface area contributed by atoms with E-state index in [9.17, 15) is 5.26 Å². The average Bonchev–Trinajstić information content (AvgIpc) is 3.34. The van der Waals surface area contributed by atoms with Crippen LogP contribution in [0.1, 0.15) is 63.5 Å². The molecule has 1 fully saturated rings. The molecule has 3 heteroatoms. The second-order valence-electron chi connectivity index (χ2n) is 8.99. The van der Waals surface area contributed by atoms with Gasteiger partial charge in [0.2, 0.25) is 0 Å². The number of nitriles is 1. The second kappa shape index (κ2) is 8.03. The molecule has 0 aromatic heterocycles. The van der Waals surface area contributed by atoms with Gasteiger partial charge >= 0.3 is 0 Å². The van der Waals surface area contributed by atoms with Crippen molar-refractivity contribution in [1.29, 1.82) is 5.26 Å². The maximum atomic E-state index is 9.32. The van der Waals surface area contributed by atoms with Crippen LogP contribution in [0.2, 0.25) is 0 Å². The topological polar surface area (TPSA) is 39.4 Å². The SMILES string of the molecule is C=C(C)/C=C\C1=C(C)CCC2C1=NN(c1ccc(C#N)c(C)c1)C2C1CCCC1. The minimum absolute atomic E-state index is 0.432. The fourth-order valence-electron chi connectivity index (χ4n) is 5.30. The highest BCUT2D eigenvalue weighted by Crippen LogP contribution is 2.45. The van der Waals surface area contributed by atoms with Crippen LogP contribution in [0.4, 0.5) is 5.69 Å². The van der Waals surface area contributed by atoms with Gasteiger partial charge in [0.05, 0.1) is 29.1 Å². The summed E-state index contributed by atoms with van der Waals surface area (Å²) in [6, 6.07) is 8.89. The molecule has 0 spiro atoms. The lowest BCUT2D eigenvalue weighted by molar-refractivity contribution is 0.353. The number of allylic oxidation sites excluding steroid dienone is 5. The van der Waals surface area contributed by atoms with E-state index in [0.29, 0.717) is 17.9 Å². The van der Waals surface area contributed by atoms with Crippen molar-refractivity contribution in [2.24, 2.45) is 16.9 Å². The lowest BCUT2D eigenvalue weighted by atomic mass is 9.75.